The molecule has 0 amide bonds. The molecule has 0 radical (unpaired) electrons. The monoisotopic (exact) mass is 249 g/mol. The first-order valence-electron chi connectivity index (χ1n) is 5.76. The van der Waals surface area contributed by atoms with Crippen molar-refractivity contribution in [1.82, 2.24) is 10.3 Å². The van der Waals surface area contributed by atoms with Gasteiger partial charge in [-0.1, -0.05) is 17.7 Å². The van der Waals surface area contributed by atoms with Crippen molar-refractivity contribution in [2.75, 3.05) is 13.1 Å². The zero-order valence-electron chi connectivity index (χ0n) is 9.62. The van der Waals surface area contributed by atoms with E-state index in [0.717, 1.165) is 35.4 Å². The number of nitrogens with two attached hydrogens (primary N) is 1. The molecule has 0 fully saturated rings. The second kappa shape index (κ2) is 5.96. The first-order valence-corrected chi connectivity index (χ1v) is 6.13. The highest BCUT2D eigenvalue weighted by molar-refractivity contribution is 6.35. The SMILES string of the molecule is NCCCNCc1ccc(Cl)c2cccnc12. The van der Waals surface area contributed by atoms with Gasteiger partial charge in [0.1, 0.15) is 0 Å². The molecule has 1 aromatic carbocycles. The van der Waals surface area contributed by atoms with Crippen LogP contribution in [0.15, 0.2) is 30.5 Å². The Bertz CT molecular complexity index is 499. The third-order valence-electron chi connectivity index (χ3n) is 2.67. The summed E-state index contributed by atoms with van der Waals surface area (Å²) in [4.78, 5) is 4.39. The first kappa shape index (κ1) is 12.3. The molecule has 0 unspecified atom stereocenters. The highest BCUT2D eigenvalue weighted by Crippen LogP contribution is 2.24. The van der Waals surface area contributed by atoms with Crippen LogP contribution in [0.2, 0.25) is 5.02 Å². The smallest absolute Gasteiger partial charge is 0.0761 e. The van der Waals surface area contributed by atoms with Crippen LogP contribution >= 0.6 is 11.6 Å². The minimum absolute atomic E-state index is 0.715. The van der Waals surface area contributed by atoms with Crippen LogP contribution in [0.5, 0.6) is 0 Å². The number of hydrogen-bond donors (Lipinski definition) is 2. The second-order valence-corrected chi connectivity index (χ2v) is 4.33. The van der Waals surface area contributed by atoms with Gasteiger partial charge in [-0.15, -0.1) is 0 Å². The Morgan fingerprint density at radius 2 is 2.18 bits per heavy atom. The third-order valence-corrected chi connectivity index (χ3v) is 3.00. The number of hydrogen-bond acceptors (Lipinski definition) is 3. The predicted molar refractivity (Wildman–Crippen MR) is 72.1 cm³/mol. The van der Waals surface area contributed by atoms with E-state index in [4.69, 9.17) is 17.3 Å². The average molecular weight is 250 g/mol. The maximum absolute atomic E-state index is 6.14. The van der Waals surface area contributed by atoms with Gasteiger partial charge in [-0.2, -0.15) is 0 Å². The summed E-state index contributed by atoms with van der Waals surface area (Å²) in [6.45, 7) is 2.44. The van der Waals surface area contributed by atoms with E-state index in [1.54, 1.807) is 6.20 Å². The fourth-order valence-corrected chi connectivity index (χ4v) is 2.00. The first-order chi connectivity index (χ1) is 8.33. The highest BCUT2D eigenvalue weighted by atomic mass is 35.5. The Hall–Kier alpha value is -1.16. The standard InChI is InChI=1S/C13H16ClN3/c14-12-5-4-10(9-16-7-2-6-15)13-11(12)3-1-8-17-13/h1,3-5,8,16H,2,6-7,9,15H2. The number of halogens is 1. The molecule has 0 aliphatic rings. The lowest BCUT2D eigenvalue weighted by Crippen LogP contribution is -2.18. The lowest BCUT2D eigenvalue weighted by molar-refractivity contribution is 0.657. The van der Waals surface area contributed by atoms with Crippen LogP contribution in [0, 0.1) is 0 Å². The summed E-state index contributed by atoms with van der Waals surface area (Å²) in [6.07, 6.45) is 2.78. The summed E-state index contributed by atoms with van der Waals surface area (Å²) in [5.74, 6) is 0. The molecule has 3 N–H and O–H groups in total. The summed E-state index contributed by atoms with van der Waals surface area (Å²) in [5, 5.41) is 5.11. The lowest BCUT2D eigenvalue weighted by atomic mass is 10.1. The van der Waals surface area contributed by atoms with E-state index in [2.05, 4.69) is 10.3 Å². The second-order valence-electron chi connectivity index (χ2n) is 3.93. The number of rotatable bonds is 5. The van der Waals surface area contributed by atoms with E-state index < -0.39 is 0 Å². The number of pyridine rings is 1. The number of nitrogens with one attached hydrogen (secondary N) is 1. The summed E-state index contributed by atoms with van der Waals surface area (Å²) < 4.78 is 0. The predicted octanol–water partition coefficient (Wildman–Crippen LogP) is 2.33. The number of nitrogens with zero attached hydrogens (tertiary/aromatic N) is 1. The van der Waals surface area contributed by atoms with Gasteiger partial charge in [0, 0.05) is 23.2 Å². The zero-order chi connectivity index (χ0) is 12.1. The van der Waals surface area contributed by atoms with Crippen molar-refractivity contribution in [3.05, 3.63) is 41.0 Å². The van der Waals surface area contributed by atoms with Crippen LogP contribution in [-0.4, -0.2) is 18.1 Å². The fraction of sp³-hybridized carbons (Fsp3) is 0.308. The van der Waals surface area contributed by atoms with Crippen molar-refractivity contribution in [2.24, 2.45) is 5.73 Å². The van der Waals surface area contributed by atoms with Gasteiger partial charge in [0.25, 0.3) is 0 Å². The molecule has 0 spiro atoms. The van der Waals surface area contributed by atoms with Crippen molar-refractivity contribution in [3.63, 3.8) is 0 Å². The van der Waals surface area contributed by atoms with Gasteiger partial charge < -0.3 is 11.1 Å². The topological polar surface area (TPSA) is 50.9 Å². The quantitative estimate of drug-likeness (QED) is 0.800. The molecule has 0 saturated carbocycles. The normalized spacial score (nSPS) is 10.9. The van der Waals surface area contributed by atoms with Gasteiger partial charge in [-0.25, -0.2) is 0 Å². The molecule has 0 saturated heterocycles. The van der Waals surface area contributed by atoms with Crippen molar-refractivity contribution >= 4 is 22.5 Å². The zero-order valence-corrected chi connectivity index (χ0v) is 10.4. The maximum Gasteiger partial charge on any atom is 0.0761 e. The van der Waals surface area contributed by atoms with Crippen molar-refractivity contribution in [1.29, 1.82) is 0 Å². The Morgan fingerprint density at radius 3 is 3.00 bits per heavy atom. The van der Waals surface area contributed by atoms with Crippen molar-refractivity contribution in [2.45, 2.75) is 13.0 Å². The van der Waals surface area contributed by atoms with E-state index in [-0.39, 0.29) is 0 Å². The van der Waals surface area contributed by atoms with Crippen LogP contribution in [-0.2, 0) is 6.54 Å². The number of benzene rings is 1. The Labute approximate surface area is 106 Å². The Balaban J connectivity index is 2.20. The summed E-state index contributed by atoms with van der Waals surface area (Å²) in [7, 11) is 0. The Kier molecular flexibility index (Phi) is 4.31. The summed E-state index contributed by atoms with van der Waals surface area (Å²) in [5.41, 5.74) is 7.59. The van der Waals surface area contributed by atoms with Gasteiger partial charge in [-0.05, 0) is 43.3 Å². The molecule has 2 rings (SSSR count). The number of fused-ring (bicyclic) bond motifs is 1. The van der Waals surface area contributed by atoms with Gasteiger partial charge in [0.15, 0.2) is 0 Å². The number of aromatic nitrogens is 1. The molecule has 2 aromatic rings. The van der Waals surface area contributed by atoms with Crippen LogP contribution in [0.3, 0.4) is 0 Å². The molecule has 1 heterocycles. The molecule has 17 heavy (non-hydrogen) atoms. The minimum atomic E-state index is 0.715. The molecule has 90 valence electrons. The van der Waals surface area contributed by atoms with Gasteiger partial charge in [-0.3, -0.25) is 4.98 Å². The molecule has 0 atom stereocenters. The maximum atomic E-state index is 6.14. The molecule has 0 aliphatic carbocycles. The lowest BCUT2D eigenvalue weighted by Gasteiger charge is -2.08. The molecule has 3 nitrogen and oxygen atoms in total. The molecular weight excluding hydrogens is 234 g/mol. The average Bonchev–Trinajstić information content (AvgIpc) is 2.37. The third kappa shape index (κ3) is 2.94. The summed E-state index contributed by atoms with van der Waals surface area (Å²) >= 11 is 6.14. The molecule has 1 aromatic heterocycles. The molecule has 0 bridgehead atoms. The largest absolute Gasteiger partial charge is 0.330 e. The van der Waals surface area contributed by atoms with Gasteiger partial charge >= 0.3 is 0 Å². The van der Waals surface area contributed by atoms with E-state index in [1.807, 2.05) is 24.3 Å². The van der Waals surface area contributed by atoms with Crippen LogP contribution in [0.25, 0.3) is 10.9 Å². The minimum Gasteiger partial charge on any atom is -0.330 e. The highest BCUT2D eigenvalue weighted by Gasteiger charge is 2.04. The summed E-state index contributed by atoms with van der Waals surface area (Å²) in [6, 6.07) is 7.84. The van der Waals surface area contributed by atoms with Crippen molar-refractivity contribution in [3.8, 4) is 0 Å². The van der Waals surface area contributed by atoms with E-state index >= 15 is 0 Å². The molecular formula is C13H16ClN3. The van der Waals surface area contributed by atoms with Crippen LogP contribution in [0.4, 0.5) is 0 Å². The van der Waals surface area contributed by atoms with Gasteiger partial charge in [0.05, 0.1) is 5.52 Å². The van der Waals surface area contributed by atoms with Gasteiger partial charge in [0.2, 0.25) is 0 Å². The fourth-order valence-electron chi connectivity index (χ4n) is 1.79. The van der Waals surface area contributed by atoms with E-state index in [1.165, 1.54) is 5.56 Å². The van der Waals surface area contributed by atoms with Crippen LogP contribution < -0.4 is 11.1 Å². The van der Waals surface area contributed by atoms with E-state index in [0.29, 0.717) is 6.54 Å². The Morgan fingerprint density at radius 1 is 1.29 bits per heavy atom. The van der Waals surface area contributed by atoms with E-state index in [9.17, 15) is 0 Å². The van der Waals surface area contributed by atoms with Crippen molar-refractivity contribution < 1.29 is 0 Å². The molecule has 4 heteroatoms. The van der Waals surface area contributed by atoms with Crippen LogP contribution in [0.1, 0.15) is 12.0 Å². The molecule has 0 aliphatic heterocycles.